The molecule has 0 aromatic heterocycles. The van der Waals surface area contributed by atoms with Gasteiger partial charge in [0.25, 0.3) is 0 Å². The minimum atomic E-state index is -0.0168. The van der Waals surface area contributed by atoms with Crippen molar-refractivity contribution in [2.75, 3.05) is 12.3 Å². The minimum absolute atomic E-state index is 0.0168. The maximum absolute atomic E-state index is 12.1. The summed E-state index contributed by atoms with van der Waals surface area (Å²) < 4.78 is 0. The van der Waals surface area contributed by atoms with E-state index in [0.717, 1.165) is 30.6 Å². The van der Waals surface area contributed by atoms with E-state index in [9.17, 15) is 4.79 Å². The summed E-state index contributed by atoms with van der Waals surface area (Å²) in [6.45, 7) is 1.06. The first-order valence-electron chi connectivity index (χ1n) is 6.39. The molecular weight excluding hydrogens is 212 g/mol. The van der Waals surface area contributed by atoms with Crippen LogP contribution in [0.5, 0.6) is 0 Å². The number of likely N-dealkylation sites (tertiary alicyclic amines) is 1. The molecule has 17 heavy (non-hydrogen) atoms. The van der Waals surface area contributed by atoms with E-state index >= 15 is 0 Å². The van der Waals surface area contributed by atoms with Crippen molar-refractivity contribution in [1.82, 2.24) is 4.90 Å². The molecule has 1 saturated carbocycles. The van der Waals surface area contributed by atoms with Gasteiger partial charge in [0, 0.05) is 18.2 Å². The molecule has 2 N–H and O–H groups in total. The molecule has 1 heterocycles. The summed E-state index contributed by atoms with van der Waals surface area (Å²) in [4.78, 5) is 14.5. The molecule has 1 aromatic carbocycles. The summed E-state index contributed by atoms with van der Waals surface area (Å²) in [5, 5.41) is 0. The number of anilines is 1. The Balaban J connectivity index is 1.90. The third-order valence-corrected chi connectivity index (χ3v) is 3.74. The molecule has 3 rings (SSSR count). The fourth-order valence-corrected chi connectivity index (χ4v) is 2.74. The summed E-state index contributed by atoms with van der Waals surface area (Å²) >= 11 is 0. The summed E-state index contributed by atoms with van der Waals surface area (Å²) in [5.74, 6) is 0.368. The highest BCUT2D eigenvalue weighted by Crippen LogP contribution is 2.38. The molecule has 0 radical (unpaired) electrons. The van der Waals surface area contributed by atoms with E-state index < -0.39 is 0 Å². The Morgan fingerprint density at radius 3 is 2.53 bits per heavy atom. The Labute approximate surface area is 102 Å². The topological polar surface area (TPSA) is 46.3 Å². The lowest BCUT2D eigenvalue weighted by molar-refractivity contribution is -0.127. The fraction of sp³-hybridized carbons (Fsp3) is 0.500. The fourth-order valence-electron chi connectivity index (χ4n) is 2.74. The molecule has 0 amide bonds. The lowest BCUT2D eigenvalue weighted by atomic mass is 9.93. The highest BCUT2D eigenvalue weighted by atomic mass is 16.1. The van der Waals surface area contributed by atoms with Crippen molar-refractivity contribution in [1.29, 1.82) is 0 Å². The normalized spacial score (nSPS) is 26.1. The van der Waals surface area contributed by atoms with E-state index in [0.29, 0.717) is 11.8 Å². The van der Waals surface area contributed by atoms with Crippen LogP contribution in [0.1, 0.15) is 37.3 Å². The number of nitrogens with zero attached hydrogens (tertiary/aromatic N) is 1. The number of piperidine rings is 1. The Bertz CT molecular complexity index is 422. The highest BCUT2D eigenvalue weighted by molar-refractivity contribution is 5.86. The van der Waals surface area contributed by atoms with Crippen LogP contribution in [-0.4, -0.2) is 23.3 Å². The Kier molecular flexibility index (Phi) is 2.63. The van der Waals surface area contributed by atoms with Crippen LogP contribution < -0.4 is 5.73 Å². The average Bonchev–Trinajstić information content (AvgIpc) is 3.14. The number of carbonyl (C=O) groups is 1. The molecule has 1 saturated heterocycles. The minimum Gasteiger partial charge on any atom is -0.399 e. The van der Waals surface area contributed by atoms with E-state index in [4.69, 9.17) is 5.73 Å². The predicted octanol–water partition coefficient (Wildman–Crippen LogP) is 2.14. The third-order valence-electron chi connectivity index (χ3n) is 3.74. The third kappa shape index (κ3) is 2.07. The van der Waals surface area contributed by atoms with E-state index in [2.05, 4.69) is 4.90 Å². The van der Waals surface area contributed by atoms with Crippen molar-refractivity contribution in [2.24, 2.45) is 0 Å². The van der Waals surface area contributed by atoms with Crippen LogP contribution in [0.25, 0.3) is 0 Å². The number of benzene rings is 1. The van der Waals surface area contributed by atoms with Gasteiger partial charge in [-0.1, -0.05) is 12.1 Å². The van der Waals surface area contributed by atoms with Crippen LogP contribution in [0.15, 0.2) is 24.3 Å². The summed E-state index contributed by atoms with van der Waals surface area (Å²) in [6, 6.07) is 8.40. The highest BCUT2D eigenvalue weighted by Gasteiger charge is 2.39. The molecule has 2 aliphatic rings. The van der Waals surface area contributed by atoms with Crippen LogP contribution in [0.2, 0.25) is 0 Å². The molecule has 1 aliphatic heterocycles. The van der Waals surface area contributed by atoms with Crippen LogP contribution in [0.4, 0.5) is 5.69 Å². The van der Waals surface area contributed by atoms with Gasteiger partial charge >= 0.3 is 0 Å². The molecule has 1 aliphatic carbocycles. The summed E-state index contributed by atoms with van der Waals surface area (Å²) in [5.41, 5.74) is 7.57. The maximum atomic E-state index is 12.1. The Hall–Kier alpha value is -1.35. The predicted molar refractivity (Wildman–Crippen MR) is 67.6 cm³/mol. The van der Waals surface area contributed by atoms with E-state index in [1.165, 1.54) is 12.8 Å². The number of hydrogen-bond donors (Lipinski definition) is 1. The molecule has 0 spiro atoms. The van der Waals surface area contributed by atoms with Gasteiger partial charge in [0.2, 0.25) is 0 Å². The molecular formula is C14H18N2O. The zero-order valence-corrected chi connectivity index (χ0v) is 9.93. The number of hydrogen-bond acceptors (Lipinski definition) is 3. The quantitative estimate of drug-likeness (QED) is 0.792. The van der Waals surface area contributed by atoms with Gasteiger partial charge in [-0.05, 0) is 43.5 Å². The van der Waals surface area contributed by atoms with Crippen molar-refractivity contribution in [2.45, 2.75) is 37.8 Å². The molecule has 1 aromatic rings. The number of nitrogen functional groups attached to an aromatic ring is 1. The average molecular weight is 230 g/mol. The maximum Gasteiger partial charge on any atom is 0.154 e. The standard InChI is InChI=1S/C14H18N2O/c15-11-5-3-10(4-6-11)14-13(17)2-1-9-16(14)12-7-8-12/h3-6,12,14H,1-2,7-9,15H2. The second kappa shape index (κ2) is 4.15. The van der Waals surface area contributed by atoms with Gasteiger partial charge in [-0.2, -0.15) is 0 Å². The van der Waals surface area contributed by atoms with Gasteiger partial charge in [-0.3, -0.25) is 9.69 Å². The first-order valence-corrected chi connectivity index (χ1v) is 6.39. The second-order valence-electron chi connectivity index (χ2n) is 5.11. The van der Waals surface area contributed by atoms with Crippen molar-refractivity contribution >= 4 is 11.5 Å². The lowest BCUT2D eigenvalue weighted by Crippen LogP contribution is -2.40. The number of ketones is 1. The van der Waals surface area contributed by atoms with E-state index in [-0.39, 0.29) is 6.04 Å². The molecule has 2 fully saturated rings. The smallest absolute Gasteiger partial charge is 0.154 e. The molecule has 90 valence electrons. The molecule has 1 atom stereocenters. The van der Waals surface area contributed by atoms with Crippen molar-refractivity contribution in [3.63, 3.8) is 0 Å². The van der Waals surface area contributed by atoms with Crippen molar-refractivity contribution in [3.05, 3.63) is 29.8 Å². The van der Waals surface area contributed by atoms with E-state index in [1.54, 1.807) is 0 Å². The number of carbonyl (C=O) groups excluding carboxylic acids is 1. The van der Waals surface area contributed by atoms with Crippen molar-refractivity contribution < 1.29 is 4.79 Å². The zero-order chi connectivity index (χ0) is 11.8. The first-order chi connectivity index (χ1) is 8.25. The van der Waals surface area contributed by atoms with Gasteiger partial charge in [0.15, 0.2) is 5.78 Å². The van der Waals surface area contributed by atoms with Crippen LogP contribution in [-0.2, 0) is 4.79 Å². The largest absolute Gasteiger partial charge is 0.399 e. The zero-order valence-electron chi connectivity index (χ0n) is 9.93. The Morgan fingerprint density at radius 2 is 1.88 bits per heavy atom. The molecule has 1 unspecified atom stereocenters. The first kappa shape index (κ1) is 10.8. The van der Waals surface area contributed by atoms with Crippen LogP contribution in [0, 0.1) is 0 Å². The summed E-state index contributed by atoms with van der Waals surface area (Å²) in [7, 11) is 0. The van der Waals surface area contributed by atoms with Gasteiger partial charge in [-0.25, -0.2) is 0 Å². The van der Waals surface area contributed by atoms with Gasteiger partial charge < -0.3 is 5.73 Å². The van der Waals surface area contributed by atoms with Gasteiger partial charge in [0.05, 0.1) is 6.04 Å². The molecule has 0 bridgehead atoms. The lowest BCUT2D eigenvalue weighted by Gasteiger charge is -2.35. The number of Topliss-reactive ketones (excluding diaryl/α,β-unsaturated/α-hetero) is 1. The van der Waals surface area contributed by atoms with Crippen LogP contribution in [0.3, 0.4) is 0 Å². The van der Waals surface area contributed by atoms with E-state index in [1.807, 2.05) is 24.3 Å². The SMILES string of the molecule is Nc1ccc(C2C(=O)CCCN2C2CC2)cc1. The van der Waals surface area contributed by atoms with Crippen molar-refractivity contribution in [3.8, 4) is 0 Å². The van der Waals surface area contributed by atoms with Gasteiger partial charge in [-0.15, -0.1) is 0 Å². The van der Waals surface area contributed by atoms with Crippen LogP contribution >= 0.6 is 0 Å². The monoisotopic (exact) mass is 230 g/mol. The van der Waals surface area contributed by atoms with Gasteiger partial charge in [0.1, 0.15) is 0 Å². The molecule has 3 heteroatoms. The second-order valence-corrected chi connectivity index (χ2v) is 5.11. The number of rotatable bonds is 2. The molecule has 3 nitrogen and oxygen atoms in total. The Morgan fingerprint density at radius 1 is 1.18 bits per heavy atom. The summed E-state index contributed by atoms with van der Waals surface area (Å²) in [6.07, 6.45) is 4.23. The number of nitrogens with two attached hydrogens (primary N) is 1.